The van der Waals surface area contributed by atoms with Gasteiger partial charge in [-0.15, -0.1) is 0 Å². The first-order chi connectivity index (χ1) is 16.2. The number of rotatable bonds is 13. The minimum absolute atomic E-state index is 0.183. The molecule has 2 aromatic rings. The SMILES string of the molecule is CCCNC(=O)[C@@H](CC)N(Cc1ccccc1)C(=O)CN(c1ccccc1OCC)S(C)(=O)=O. The van der Waals surface area contributed by atoms with Crippen LogP contribution in [-0.2, 0) is 26.2 Å². The number of carbonyl (C=O) groups is 2. The summed E-state index contributed by atoms with van der Waals surface area (Å²) in [4.78, 5) is 28.0. The highest BCUT2D eigenvalue weighted by Gasteiger charge is 2.32. The van der Waals surface area contributed by atoms with Gasteiger partial charge in [-0.05, 0) is 37.5 Å². The van der Waals surface area contributed by atoms with Crippen LogP contribution in [0.25, 0.3) is 0 Å². The number of carbonyl (C=O) groups excluding carboxylic acids is 2. The van der Waals surface area contributed by atoms with Gasteiger partial charge >= 0.3 is 0 Å². The predicted molar refractivity (Wildman–Crippen MR) is 134 cm³/mol. The second-order valence-electron chi connectivity index (χ2n) is 7.89. The molecule has 2 aromatic carbocycles. The van der Waals surface area contributed by atoms with Crippen LogP contribution in [0.1, 0.15) is 39.2 Å². The van der Waals surface area contributed by atoms with Gasteiger partial charge in [0.05, 0.1) is 18.6 Å². The van der Waals surface area contributed by atoms with E-state index in [1.165, 1.54) is 4.90 Å². The summed E-state index contributed by atoms with van der Waals surface area (Å²) >= 11 is 0. The van der Waals surface area contributed by atoms with Crippen LogP contribution in [0.4, 0.5) is 5.69 Å². The number of ether oxygens (including phenoxy) is 1. The van der Waals surface area contributed by atoms with E-state index in [0.29, 0.717) is 25.3 Å². The van der Waals surface area contributed by atoms with Crippen molar-refractivity contribution in [3.05, 3.63) is 60.2 Å². The van der Waals surface area contributed by atoms with Gasteiger partial charge in [-0.1, -0.05) is 56.3 Å². The molecule has 1 N–H and O–H groups in total. The summed E-state index contributed by atoms with van der Waals surface area (Å²) in [5.74, 6) is -0.362. The Labute approximate surface area is 202 Å². The Morgan fingerprint density at radius 3 is 2.24 bits per heavy atom. The van der Waals surface area contributed by atoms with Crippen molar-refractivity contribution in [3.8, 4) is 5.75 Å². The molecule has 0 aromatic heterocycles. The normalized spacial score (nSPS) is 12.0. The lowest BCUT2D eigenvalue weighted by Gasteiger charge is -2.33. The van der Waals surface area contributed by atoms with Crippen molar-refractivity contribution >= 4 is 27.5 Å². The lowest BCUT2D eigenvalue weighted by molar-refractivity contribution is -0.140. The van der Waals surface area contributed by atoms with Crippen LogP contribution in [0.2, 0.25) is 0 Å². The molecular formula is C25H35N3O5S. The topological polar surface area (TPSA) is 96.0 Å². The van der Waals surface area contributed by atoms with Crippen LogP contribution in [0, 0.1) is 0 Å². The van der Waals surface area contributed by atoms with Crippen LogP contribution in [0.3, 0.4) is 0 Å². The smallest absolute Gasteiger partial charge is 0.244 e. The van der Waals surface area contributed by atoms with Gasteiger partial charge in [-0.2, -0.15) is 0 Å². The molecule has 186 valence electrons. The third kappa shape index (κ3) is 7.48. The molecule has 0 aliphatic carbocycles. The number of amides is 2. The van der Waals surface area contributed by atoms with Crippen molar-refractivity contribution in [2.45, 2.75) is 46.2 Å². The Balaban J connectivity index is 2.44. The van der Waals surface area contributed by atoms with E-state index in [2.05, 4.69) is 5.32 Å². The molecule has 0 heterocycles. The van der Waals surface area contributed by atoms with E-state index in [1.807, 2.05) is 44.2 Å². The van der Waals surface area contributed by atoms with Gasteiger partial charge in [0.15, 0.2) is 0 Å². The minimum atomic E-state index is -3.82. The van der Waals surface area contributed by atoms with E-state index in [4.69, 9.17) is 4.74 Å². The maximum absolute atomic E-state index is 13.6. The van der Waals surface area contributed by atoms with Gasteiger partial charge in [0.25, 0.3) is 0 Å². The summed E-state index contributed by atoms with van der Waals surface area (Å²) in [7, 11) is -3.82. The Bertz CT molecular complexity index is 1040. The van der Waals surface area contributed by atoms with E-state index in [-0.39, 0.29) is 18.1 Å². The summed E-state index contributed by atoms with van der Waals surface area (Å²) in [6.07, 6.45) is 2.21. The first-order valence-electron chi connectivity index (χ1n) is 11.5. The van der Waals surface area contributed by atoms with Gasteiger partial charge < -0.3 is 15.0 Å². The van der Waals surface area contributed by atoms with Crippen molar-refractivity contribution in [2.75, 3.05) is 30.3 Å². The second-order valence-corrected chi connectivity index (χ2v) is 9.80. The average molecular weight is 490 g/mol. The van der Waals surface area contributed by atoms with Gasteiger partial charge in [0, 0.05) is 13.1 Å². The lowest BCUT2D eigenvalue weighted by atomic mass is 10.1. The van der Waals surface area contributed by atoms with Gasteiger partial charge in [-0.25, -0.2) is 8.42 Å². The molecule has 0 saturated carbocycles. The van der Waals surface area contributed by atoms with Crippen molar-refractivity contribution < 1.29 is 22.7 Å². The van der Waals surface area contributed by atoms with Crippen molar-refractivity contribution in [1.29, 1.82) is 0 Å². The van der Waals surface area contributed by atoms with E-state index < -0.39 is 28.5 Å². The molecule has 0 saturated heterocycles. The molecule has 0 unspecified atom stereocenters. The molecule has 0 spiro atoms. The molecule has 0 fully saturated rings. The summed E-state index contributed by atoms with van der Waals surface area (Å²) in [5.41, 5.74) is 1.13. The maximum atomic E-state index is 13.6. The zero-order valence-corrected chi connectivity index (χ0v) is 21.2. The Hall–Kier alpha value is -3.07. The van der Waals surface area contributed by atoms with Crippen molar-refractivity contribution in [1.82, 2.24) is 10.2 Å². The molecule has 0 aliphatic rings. The Morgan fingerprint density at radius 1 is 1.00 bits per heavy atom. The Morgan fingerprint density at radius 2 is 1.65 bits per heavy atom. The largest absolute Gasteiger partial charge is 0.492 e. The van der Waals surface area contributed by atoms with Gasteiger partial charge in [-0.3, -0.25) is 13.9 Å². The fraction of sp³-hybridized carbons (Fsp3) is 0.440. The van der Waals surface area contributed by atoms with E-state index in [0.717, 1.165) is 22.5 Å². The first-order valence-corrected chi connectivity index (χ1v) is 13.4. The summed E-state index contributed by atoms with van der Waals surface area (Å²) in [6, 6.07) is 15.3. The third-order valence-corrected chi connectivity index (χ3v) is 6.37. The highest BCUT2D eigenvalue weighted by Crippen LogP contribution is 2.30. The van der Waals surface area contributed by atoms with Crippen LogP contribution in [0.5, 0.6) is 5.75 Å². The molecule has 0 aliphatic heterocycles. The van der Waals surface area contributed by atoms with Gasteiger partial charge in [0.2, 0.25) is 21.8 Å². The van der Waals surface area contributed by atoms with E-state index in [1.54, 1.807) is 31.2 Å². The molecule has 9 heteroatoms. The molecular weight excluding hydrogens is 454 g/mol. The molecule has 0 bridgehead atoms. The van der Waals surface area contributed by atoms with Gasteiger partial charge in [0.1, 0.15) is 18.3 Å². The van der Waals surface area contributed by atoms with Crippen LogP contribution >= 0.6 is 0 Å². The zero-order valence-electron chi connectivity index (χ0n) is 20.4. The number of sulfonamides is 1. The first kappa shape index (κ1) is 27.2. The molecule has 0 radical (unpaired) electrons. The number of hydrogen-bond acceptors (Lipinski definition) is 5. The zero-order chi connectivity index (χ0) is 25.1. The van der Waals surface area contributed by atoms with Crippen LogP contribution in [0.15, 0.2) is 54.6 Å². The fourth-order valence-electron chi connectivity index (χ4n) is 3.60. The number of para-hydroxylation sites is 2. The van der Waals surface area contributed by atoms with Crippen molar-refractivity contribution in [3.63, 3.8) is 0 Å². The summed E-state index contributed by atoms with van der Waals surface area (Å²) in [6.45, 7) is 6.16. The minimum Gasteiger partial charge on any atom is -0.492 e. The molecule has 34 heavy (non-hydrogen) atoms. The van der Waals surface area contributed by atoms with E-state index >= 15 is 0 Å². The Kier molecular flexibility index (Phi) is 10.4. The number of nitrogens with one attached hydrogen (secondary N) is 1. The quantitative estimate of drug-likeness (QED) is 0.466. The average Bonchev–Trinajstić information content (AvgIpc) is 2.81. The highest BCUT2D eigenvalue weighted by molar-refractivity contribution is 7.92. The summed E-state index contributed by atoms with van der Waals surface area (Å²) in [5, 5.41) is 2.86. The van der Waals surface area contributed by atoms with Crippen LogP contribution < -0.4 is 14.4 Å². The molecule has 8 nitrogen and oxygen atoms in total. The van der Waals surface area contributed by atoms with Crippen molar-refractivity contribution in [2.24, 2.45) is 0 Å². The monoisotopic (exact) mass is 489 g/mol. The van der Waals surface area contributed by atoms with Crippen LogP contribution in [-0.4, -0.2) is 57.1 Å². The van der Waals surface area contributed by atoms with E-state index in [9.17, 15) is 18.0 Å². The fourth-order valence-corrected chi connectivity index (χ4v) is 4.45. The molecule has 1 atom stereocenters. The lowest BCUT2D eigenvalue weighted by Crippen LogP contribution is -2.52. The molecule has 2 amide bonds. The standard InChI is InChI=1S/C25H35N3O5S/c1-5-17-26-25(30)21(6-2)27(18-20-13-9-8-10-14-20)24(29)19-28(34(4,31)32)22-15-11-12-16-23(22)33-7-3/h8-16,21H,5-7,17-19H2,1-4H3,(H,26,30)/t21-/m1/s1. The summed E-state index contributed by atoms with van der Waals surface area (Å²) < 4.78 is 32.1. The highest BCUT2D eigenvalue weighted by atomic mass is 32.2. The molecule has 2 rings (SSSR count). The second kappa shape index (κ2) is 13.0. The number of hydrogen-bond donors (Lipinski definition) is 1. The number of benzene rings is 2. The number of nitrogens with zero attached hydrogens (tertiary/aromatic N) is 2. The number of anilines is 1. The predicted octanol–water partition coefficient (Wildman–Crippen LogP) is 3.18. The maximum Gasteiger partial charge on any atom is 0.244 e. The third-order valence-electron chi connectivity index (χ3n) is 5.24.